The van der Waals surface area contributed by atoms with Crippen LogP contribution in [0.4, 0.5) is 5.69 Å². The summed E-state index contributed by atoms with van der Waals surface area (Å²) in [6.07, 6.45) is 2.76. The summed E-state index contributed by atoms with van der Waals surface area (Å²) in [7, 11) is 0. The van der Waals surface area contributed by atoms with Crippen molar-refractivity contribution in [1.29, 1.82) is 5.26 Å². The Balaban J connectivity index is 1.49. The molecular formula is C19H13ClN2O5. The first kappa shape index (κ1) is 18.3. The summed E-state index contributed by atoms with van der Waals surface area (Å²) in [6, 6.07) is 11.6. The number of benzene rings is 2. The van der Waals surface area contributed by atoms with Gasteiger partial charge in [0.1, 0.15) is 6.07 Å². The van der Waals surface area contributed by atoms with Crippen LogP contribution in [-0.4, -0.2) is 25.3 Å². The van der Waals surface area contributed by atoms with E-state index in [4.69, 9.17) is 31.1 Å². The monoisotopic (exact) mass is 384 g/mol. The molecular weight excluding hydrogens is 372 g/mol. The number of nitrogens with zero attached hydrogens (tertiary/aromatic N) is 1. The van der Waals surface area contributed by atoms with Crippen molar-refractivity contribution < 1.29 is 23.8 Å². The second-order valence-corrected chi connectivity index (χ2v) is 5.82. The SMILES string of the molecule is N#Cc1ccc(NC(=O)COC(=O)C=Cc2ccc3c(c2)OCO3)cc1Cl. The molecule has 0 unspecified atom stereocenters. The Hall–Kier alpha value is -3.50. The minimum absolute atomic E-state index is 0.171. The van der Waals surface area contributed by atoms with Crippen molar-refractivity contribution in [2.75, 3.05) is 18.7 Å². The van der Waals surface area contributed by atoms with Gasteiger partial charge in [0.05, 0.1) is 10.6 Å². The van der Waals surface area contributed by atoms with Crippen LogP contribution in [0, 0.1) is 11.3 Å². The highest BCUT2D eigenvalue weighted by molar-refractivity contribution is 6.32. The highest BCUT2D eigenvalue weighted by atomic mass is 35.5. The zero-order valence-electron chi connectivity index (χ0n) is 13.9. The van der Waals surface area contributed by atoms with E-state index < -0.39 is 18.5 Å². The quantitative estimate of drug-likeness (QED) is 0.628. The first-order chi connectivity index (χ1) is 13.0. The van der Waals surface area contributed by atoms with Gasteiger partial charge in [-0.1, -0.05) is 17.7 Å². The van der Waals surface area contributed by atoms with Crippen LogP contribution >= 0.6 is 11.6 Å². The molecule has 2 aromatic rings. The molecule has 0 aliphatic carbocycles. The Labute approximate surface area is 159 Å². The third kappa shape index (κ3) is 4.77. The predicted octanol–water partition coefficient (Wildman–Crippen LogP) is 3.14. The molecule has 8 heteroatoms. The van der Waals surface area contributed by atoms with Crippen molar-refractivity contribution in [3.05, 3.63) is 58.6 Å². The number of anilines is 1. The van der Waals surface area contributed by atoms with Gasteiger partial charge in [-0.15, -0.1) is 0 Å². The van der Waals surface area contributed by atoms with Gasteiger partial charge in [-0.05, 0) is 42.0 Å². The summed E-state index contributed by atoms with van der Waals surface area (Å²) in [5.41, 5.74) is 1.43. The van der Waals surface area contributed by atoms with Crippen LogP contribution in [0.2, 0.25) is 5.02 Å². The molecule has 1 aliphatic heterocycles. The fraction of sp³-hybridized carbons (Fsp3) is 0.105. The smallest absolute Gasteiger partial charge is 0.331 e. The van der Waals surface area contributed by atoms with Crippen LogP contribution in [0.15, 0.2) is 42.5 Å². The normalized spacial score (nSPS) is 11.9. The molecule has 1 aliphatic rings. The van der Waals surface area contributed by atoms with Gasteiger partial charge in [-0.2, -0.15) is 5.26 Å². The second-order valence-electron chi connectivity index (χ2n) is 5.41. The predicted molar refractivity (Wildman–Crippen MR) is 97.4 cm³/mol. The maximum atomic E-state index is 11.8. The Kier molecular flexibility index (Phi) is 5.59. The number of halogens is 1. The van der Waals surface area contributed by atoms with E-state index in [1.165, 1.54) is 24.3 Å². The Bertz CT molecular complexity index is 965. The Morgan fingerprint density at radius 3 is 2.81 bits per heavy atom. The van der Waals surface area contributed by atoms with E-state index in [1.54, 1.807) is 24.3 Å². The third-order valence-electron chi connectivity index (χ3n) is 3.53. The van der Waals surface area contributed by atoms with Crippen LogP contribution in [0.3, 0.4) is 0 Å². The number of carbonyl (C=O) groups is 2. The minimum Gasteiger partial charge on any atom is -0.454 e. The molecule has 0 radical (unpaired) electrons. The Morgan fingerprint density at radius 1 is 1.22 bits per heavy atom. The highest BCUT2D eigenvalue weighted by Crippen LogP contribution is 2.32. The summed E-state index contributed by atoms with van der Waals surface area (Å²) >= 11 is 5.89. The fourth-order valence-corrected chi connectivity index (χ4v) is 2.47. The lowest BCUT2D eigenvalue weighted by atomic mass is 10.2. The van der Waals surface area contributed by atoms with Gasteiger partial charge < -0.3 is 19.5 Å². The largest absolute Gasteiger partial charge is 0.454 e. The highest BCUT2D eigenvalue weighted by Gasteiger charge is 2.12. The molecule has 0 saturated carbocycles. The summed E-state index contributed by atoms with van der Waals surface area (Å²) in [5, 5.41) is 11.6. The molecule has 0 bridgehead atoms. The molecule has 3 rings (SSSR count). The number of carbonyl (C=O) groups excluding carboxylic acids is 2. The topological polar surface area (TPSA) is 97.7 Å². The minimum atomic E-state index is -0.666. The zero-order chi connectivity index (χ0) is 19.2. The van der Waals surface area contributed by atoms with Crippen molar-refractivity contribution in [2.24, 2.45) is 0 Å². The molecule has 1 N–H and O–H groups in total. The number of fused-ring (bicyclic) bond motifs is 1. The van der Waals surface area contributed by atoms with E-state index in [9.17, 15) is 9.59 Å². The average molecular weight is 385 g/mol. The van der Waals surface area contributed by atoms with E-state index in [-0.39, 0.29) is 11.8 Å². The standard InChI is InChI=1S/C19H13ClN2O5/c20-15-8-14(4-3-13(15)9-21)22-18(23)10-25-19(24)6-2-12-1-5-16-17(7-12)27-11-26-16/h1-8H,10-11H2,(H,22,23). The summed E-state index contributed by atoms with van der Waals surface area (Å²) in [5.74, 6) is 0.0570. The van der Waals surface area contributed by atoms with Gasteiger partial charge in [0.2, 0.25) is 6.79 Å². The summed E-state index contributed by atoms with van der Waals surface area (Å²) < 4.78 is 15.3. The Morgan fingerprint density at radius 2 is 2.04 bits per heavy atom. The zero-order valence-corrected chi connectivity index (χ0v) is 14.7. The van der Waals surface area contributed by atoms with Gasteiger partial charge in [-0.25, -0.2) is 4.79 Å². The average Bonchev–Trinajstić information content (AvgIpc) is 3.12. The lowest BCUT2D eigenvalue weighted by Gasteiger charge is -2.06. The third-order valence-corrected chi connectivity index (χ3v) is 3.84. The van der Waals surface area contributed by atoms with E-state index in [1.807, 2.05) is 6.07 Å². The molecule has 7 nitrogen and oxygen atoms in total. The lowest BCUT2D eigenvalue weighted by Crippen LogP contribution is -2.20. The number of hydrogen-bond acceptors (Lipinski definition) is 6. The van der Waals surface area contributed by atoms with E-state index in [2.05, 4.69) is 5.32 Å². The molecule has 1 heterocycles. The molecule has 0 atom stereocenters. The van der Waals surface area contributed by atoms with Crippen molar-refractivity contribution in [2.45, 2.75) is 0 Å². The number of nitriles is 1. The van der Waals surface area contributed by atoms with Gasteiger partial charge in [0.15, 0.2) is 18.1 Å². The lowest BCUT2D eigenvalue weighted by molar-refractivity contribution is -0.142. The molecule has 0 fully saturated rings. The number of nitrogens with one attached hydrogen (secondary N) is 1. The molecule has 136 valence electrons. The van der Waals surface area contributed by atoms with Crippen LogP contribution in [-0.2, 0) is 14.3 Å². The first-order valence-corrected chi connectivity index (χ1v) is 8.17. The van der Waals surface area contributed by atoms with Crippen molar-refractivity contribution in [3.63, 3.8) is 0 Å². The van der Waals surface area contributed by atoms with Crippen molar-refractivity contribution >= 4 is 35.2 Å². The van der Waals surface area contributed by atoms with Crippen LogP contribution in [0.1, 0.15) is 11.1 Å². The van der Waals surface area contributed by atoms with Crippen LogP contribution in [0.5, 0.6) is 11.5 Å². The van der Waals surface area contributed by atoms with E-state index in [0.29, 0.717) is 22.7 Å². The first-order valence-electron chi connectivity index (χ1n) is 7.79. The molecule has 27 heavy (non-hydrogen) atoms. The number of amides is 1. The van der Waals surface area contributed by atoms with E-state index >= 15 is 0 Å². The number of rotatable bonds is 5. The maximum Gasteiger partial charge on any atom is 0.331 e. The maximum absolute atomic E-state index is 11.8. The van der Waals surface area contributed by atoms with Crippen LogP contribution in [0.25, 0.3) is 6.08 Å². The van der Waals surface area contributed by atoms with Gasteiger partial charge >= 0.3 is 5.97 Å². The van der Waals surface area contributed by atoms with Gasteiger partial charge in [-0.3, -0.25) is 4.79 Å². The molecule has 0 aromatic heterocycles. The van der Waals surface area contributed by atoms with Crippen LogP contribution < -0.4 is 14.8 Å². The summed E-state index contributed by atoms with van der Waals surface area (Å²) in [4.78, 5) is 23.6. The van der Waals surface area contributed by atoms with Crippen molar-refractivity contribution in [3.8, 4) is 17.6 Å². The number of hydrogen-bond donors (Lipinski definition) is 1. The van der Waals surface area contributed by atoms with Gasteiger partial charge in [0.25, 0.3) is 5.91 Å². The molecule has 2 aromatic carbocycles. The fourth-order valence-electron chi connectivity index (χ4n) is 2.25. The molecule has 1 amide bonds. The van der Waals surface area contributed by atoms with Crippen molar-refractivity contribution in [1.82, 2.24) is 0 Å². The summed E-state index contributed by atoms with van der Waals surface area (Å²) in [6.45, 7) is -0.286. The van der Waals surface area contributed by atoms with Gasteiger partial charge in [0, 0.05) is 11.8 Å². The second kappa shape index (κ2) is 8.25. The van der Waals surface area contributed by atoms with E-state index in [0.717, 1.165) is 5.56 Å². The molecule has 0 spiro atoms. The molecule has 0 saturated heterocycles. The number of ether oxygens (including phenoxy) is 3. The number of esters is 1.